The molecule has 0 aliphatic carbocycles. The van der Waals surface area contributed by atoms with Gasteiger partial charge in [-0.2, -0.15) is 4.98 Å². The second-order valence-corrected chi connectivity index (χ2v) is 3.24. The first kappa shape index (κ1) is 9.79. The van der Waals surface area contributed by atoms with E-state index in [1.807, 2.05) is 13.8 Å². The van der Waals surface area contributed by atoms with E-state index in [4.69, 9.17) is 5.73 Å². The van der Waals surface area contributed by atoms with Gasteiger partial charge in [0.05, 0.1) is 6.10 Å². The summed E-state index contributed by atoms with van der Waals surface area (Å²) in [6.07, 6.45) is -0.403. The fourth-order valence-corrected chi connectivity index (χ4v) is 0.785. The van der Waals surface area contributed by atoms with E-state index in [0.29, 0.717) is 12.5 Å². The predicted molar refractivity (Wildman–Crippen MR) is 50.1 cm³/mol. The molecule has 0 amide bonds. The van der Waals surface area contributed by atoms with E-state index in [2.05, 4.69) is 20.5 Å². The Hall–Kier alpha value is -1.30. The van der Waals surface area contributed by atoms with Crippen molar-refractivity contribution in [3.63, 3.8) is 0 Å². The molecule has 1 atom stereocenters. The van der Waals surface area contributed by atoms with Crippen molar-refractivity contribution in [2.75, 3.05) is 17.6 Å². The number of nitrogens with zero attached hydrogens (tertiary/aromatic N) is 2. The first-order valence-corrected chi connectivity index (χ1v) is 4.19. The molecule has 1 aromatic heterocycles. The van der Waals surface area contributed by atoms with E-state index in [0.717, 1.165) is 0 Å². The molecule has 1 heterocycles. The zero-order chi connectivity index (χ0) is 9.84. The molecule has 5 N–H and O–H groups in total. The average molecular weight is 185 g/mol. The van der Waals surface area contributed by atoms with Crippen LogP contribution in [0.2, 0.25) is 0 Å². The smallest absolute Gasteiger partial charge is 0.243 e. The zero-order valence-corrected chi connectivity index (χ0v) is 7.78. The molecule has 74 valence electrons. The van der Waals surface area contributed by atoms with Crippen LogP contribution < -0.4 is 11.1 Å². The van der Waals surface area contributed by atoms with Crippen molar-refractivity contribution in [3.05, 3.63) is 0 Å². The largest absolute Gasteiger partial charge is 0.391 e. The molecule has 6 heteroatoms. The monoisotopic (exact) mass is 185 g/mol. The molecule has 0 bridgehead atoms. The Morgan fingerprint density at radius 3 is 2.77 bits per heavy atom. The molecule has 0 saturated carbocycles. The molecule has 0 aliphatic heterocycles. The van der Waals surface area contributed by atoms with Gasteiger partial charge in [0.1, 0.15) is 0 Å². The number of hydrogen-bond acceptors (Lipinski definition) is 5. The highest BCUT2D eigenvalue weighted by Gasteiger charge is 2.09. The summed E-state index contributed by atoms with van der Waals surface area (Å²) >= 11 is 0. The molecule has 6 nitrogen and oxygen atoms in total. The molecular weight excluding hydrogens is 170 g/mol. The lowest BCUT2D eigenvalue weighted by molar-refractivity contribution is 0.137. The van der Waals surface area contributed by atoms with Crippen LogP contribution in [0.25, 0.3) is 0 Å². The first-order valence-electron chi connectivity index (χ1n) is 4.19. The van der Waals surface area contributed by atoms with Gasteiger partial charge in [0.2, 0.25) is 11.9 Å². The highest BCUT2D eigenvalue weighted by atomic mass is 16.3. The van der Waals surface area contributed by atoms with Gasteiger partial charge in [-0.25, -0.2) is 5.10 Å². The summed E-state index contributed by atoms with van der Waals surface area (Å²) in [5, 5.41) is 18.6. The van der Waals surface area contributed by atoms with Crippen LogP contribution in [0.15, 0.2) is 0 Å². The van der Waals surface area contributed by atoms with Gasteiger partial charge >= 0.3 is 0 Å². The Kier molecular flexibility index (Phi) is 3.07. The van der Waals surface area contributed by atoms with Gasteiger partial charge in [0.25, 0.3) is 0 Å². The lowest BCUT2D eigenvalue weighted by atomic mass is 10.1. The topological polar surface area (TPSA) is 99.8 Å². The van der Waals surface area contributed by atoms with Gasteiger partial charge in [0.15, 0.2) is 0 Å². The van der Waals surface area contributed by atoms with Crippen molar-refractivity contribution in [2.45, 2.75) is 20.0 Å². The molecule has 0 aromatic carbocycles. The summed E-state index contributed by atoms with van der Waals surface area (Å²) in [5.74, 6) is 0.891. The maximum absolute atomic E-state index is 9.44. The summed E-state index contributed by atoms with van der Waals surface area (Å²) < 4.78 is 0. The summed E-state index contributed by atoms with van der Waals surface area (Å²) in [6.45, 7) is 4.31. The molecular formula is C7H15N5O. The van der Waals surface area contributed by atoms with E-state index in [1.165, 1.54) is 0 Å². The fraction of sp³-hybridized carbons (Fsp3) is 0.714. The van der Waals surface area contributed by atoms with Crippen molar-refractivity contribution in [1.29, 1.82) is 0 Å². The van der Waals surface area contributed by atoms with E-state index in [9.17, 15) is 5.11 Å². The van der Waals surface area contributed by atoms with Gasteiger partial charge < -0.3 is 16.2 Å². The standard InChI is InChI=1S/C7H15N5O/c1-4(2)5(13)3-9-7-10-6(8)11-12-7/h4-5,13H,3H2,1-2H3,(H4,8,9,10,11,12). The minimum atomic E-state index is -0.403. The van der Waals surface area contributed by atoms with Crippen LogP contribution in [0.3, 0.4) is 0 Å². The van der Waals surface area contributed by atoms with Crippen LogP contribution in [-0.4, -0.2) is 32.9 Å². The maximum Gasteiger partial charge on any atom is 0.243 e. The number of rotatable bonds is 4. The lowest BCUT2D eigenvalue weighted by Crippen LogP contribution is -2.25. The third kappa shape index (κ3) is 2.90. The number of nitrogens with two attached hydrogens (primary N) is 1. The fourth-order valence-electron chi connectivity index (χ4n) is 0.785. The van der Waals surface area contributed by atoms with Crippen LogP contribution >= 0.6 is 0 Å². The Morgan fingerprint density at radius 1 is 1.62 bits per heavy atom. The van der Waals surface area contributed by atoms with Crippen molar-refractivity contribution in [3.8, 4) is 0 Å². The van der Waals surface area contributed by atoms with E-state index in [-0.39, 0.29) is 11.9 Å². The molecule has 13 heavy (non-hydrogen) atoms. The van der Waals surface area contributed by atoms with E-state index < -0.39 is 6.10 Å². The Labute approximate surface area is 76.6 Å². The maximum atomic E-state index is 9.44. The number of aliphatic hydroxyl groups excluding tert-OH is 1. The number of nitrogens with one attached hydrogen (secondary N) is 2. The molecule has 1 unspecified atom stereocenters. The normalized spacial score (nSPS) is 13.2. The van der Waals surface area contributed by atoms with Crippen LogP contribution in [-0.2, 0) is 0 Å². The number of anilines is 2. The van der Waals surface area contributed by atoms with Gasteiger partial charge in [-0.15, -0.1) is 5.10 Å². The first-order chi connectivity index (χ1) is 6.09. The highest BCUT2D eigenvalue weighted by Crippen LogP contribution is 2.03. The highest BCUT2D eigenvalue weighted by molar-refractivity contribution is 5.29. The second-order valence-electron chi connectivity index (χ2n) is 3.24. The predicted octanol–water partition coefficient (Wildman–Crippen LogP) is -0.184. The number of aromatic nitrogens is 3. The van der Waals surface area contributed by atoms with Gasteiger partial charge in [-0.3, -0.25) is 0 Å². The second kappa shape index (κ2) is 4.08. The Morgan fingerprint density at radius 2 is 2.31 bits per heavy atom. The molecule has 1 rings (SSSR count). The van der Waals surface area contributed by atoms with Crippen molar-refractivity contribution in [2.24, 2.45) is 5.92 Å². The summed E-state index contributed by atoms with van der Waals surface area (Å²) in [4.78, 5) is 3.83. The third-order valence-electron chi connectivity index (χ3n) is 1.74. The number of H-pyrrole nitrogens is 1. The van der Waals surface area contributed by atoms with Gasteiger partial charge in [-0.05, 0) is 5.92 Å². The molecule has 1 aromatic rings. The average Bonchev–Trinajstić information content (AvgIpc) is 2.47. The molecule has 0 aliphatic rings. The van der Waals surface area contributed by atoms with Gasteiger partial charge in [0, 0.05) is 6.54 Å². The van der Waals surface area contributed by atoms with E-state index in [1.54, 1.807) is 0 Å². The summed E-state index contributed by atoms with van der Waals surface area (Å²) in [5.41, 5.74) is 5.31. The molecule has 0 fully saturated rings. The molecule has 0 spiro atoms. The number of aromatic amines is 1. The van der Waals surface area contributed by atoms with Crippen molar-refractivity contribution >= 4 is 11.9 Å². The number of nitrogen functional groups attached to an aromatic ring is 1. The summed E-state index contributed by atoms with van der Waals surface area (Å²) in [6, 6.07) is 0. The van der Waals surface area contributed by atoms with Crippen LogP contribution in [0.4, 0.5) is 11.9 Å². The van der Waals surface area contributed by atoms with Crippen LogP contribution in [0.1, 0.15) is 13.8 Å². The van der Waals surface area contributed by atoms with Gasteiger partial charge in [-0.1, -0.05) is 13.8 Å². The Bertz CT molecular complexity index is 259. The number of aliphatic hydroxyl groups is 1. The molecule has 0 radical (unpaired) electrons. The Balaban J connectivity index is 2.35. The molecule has 0 saturated heterocycles. The lowest BCUT2D eigenvalue weighted by Gasteiger charge is -2.13. The minimum Gasteiger partial charge on any atom is -0.391 e. The SMILES string of the molecule is CC(C)C(O)CNc1n[nH]c(N)n1. The number of hydrogen-bond donors (Lipinski definition) is 4. The van der Waals surface area contributed by atoms with Crippen molar-refractivity contribution < 1.29 is 5.11 Å². The minimum absolute atomic E-state index is 0.212. The zero-order valence-electron chi connectivity index (χ0n) is 7.78. The van der Waals surface area contributed by atoms with E-state index >= 15 is 0 Å². The summed E-state index contributed by atoms with van der Waals surface area (Å²) in [7, 11) is 0. The quantitative estimate of drug-likeness (QED) is 0.521. The third-order valence-corrected chi connectivity index (χ3v) is 1.74. The van der Waals surface area contributed by atoms with Crippen molar-refractivity contribution in [1.82, 2.24) is 15.2 Å². The van der Waals surface area contributed by atoms with Crippen LogP contribution in [0.5, 0.6) is 0 Å². The van der Waals surface area contributed by atoms with Crippen LogP contribution in [0, 0.1) is 5.92 Å².